The van der Waals surface area contributed by atoms with Crippen LogP contribution in [0.5, 0.6) is 0 Å². The molecule has 0 fully saturated rings. The van der Waals surface area contributed by atoms with Crippen LogP contribution in [0.4, 0.5) is 4.39 Å². The quantitative estimate of drug-likeness (QED) is 0.471. The number of hydrogen-bond donors (Lipinski definition) is 1. The second-order valence-electron chi connectivity index (χ2n) is 8.12. The summed E-state index contributed by atoms with van der Waals surface area (Å²) in [5.74, 6) is -0.0350. The molecule has 0 aliphatic rings. The van der Waals surface area contributed by atoms with Gasteiger partial charge in [-0.2, -0.15) is 0 Å². The second-order valence-corrected chi connectivity index (χ2v) is 11.8. The van der Waals surface area contributed by atoms with E-state index in [2.05, 4.69) is 4.72 Å². The molecule has 7 heteroatoms. The van der Waals surface area contributed by atoms with Crippen molar-refractivity contribution in [2.24, 2.45) is 0 Å². The van der Waals surface area contributed by atoms with Crippen molar-refractivity contribution >= 4 is 29.1 Å². The number of hydrogen-bond acceptors (Lipinski definition) is 5. The van der Waals surface area contributed by atoms with Gasteiger partial charge < -0.3 is 9.29 Å². The summed E-state index contributed by atoms with van der Waals surface area (Å²) >= 11 is 0.0833. The van der Waals surface area contributed by atoms with Crippen LogP contribution >= 0.6 is 11.8 Å². The van der Waals surface area contributed by atoms with Crippen molar-refractivity contribution in [3.05, 3.63) is 35.6 Å². The third-order valence-corrected chi connectivity index (χ3v) is 7.22. The van der Waals surface area contributed by atoms with Crippen LogP contribution in [-0.4, -0.2) is 32.4 Å². The number of carbonyl (C=O) groups is 1. The molecule has 0 unspecified atom stereocenters. The molecule has 0 heterocycles. The van der Waals surface area contributed by atoms with Gasteiger partial charge in [-0.15, -0.1) is 16.5 Å². The maximum Gasteiger partial charge on any atom is 0.321 e. The van der Waals surface area contributed by atoms with E-state index in [9.17, 15) is 13.7 Å². The topological polar surface area (TPSA) is 61.4 Å². The number of rotatable bonds is 9. The Bertz CT molecular complexity index is 634. The second kappa shape index (κ2) is 9.63. The highest BCUT2D eigenvalue weighted by molar-refractivity contribution is 8.01. The Balaban J connectivity index is 3.00. The lowest BCUT2D eigenvalue weighted by atomic mass is 9.90. The van der Waals surface area contributed by atoms with Crippen molar-refractivity contribution in [2.75, 3.05) is 12.4 Å². The van der Waals surface area contributed by atoms with Crippen LogP contribution in [0.3, 0.4) is 0 Å². The van der Waals surface area contributed by atoms with E-state index in [-0.39, 0.29) is 11.8 Å². The van der Waals surface area contributed by atoms with Crippen molar-refractivity contribution in [3.63, 3.8) is 0 Å². The van der Waals surface area contributed by atoms with Crippen molar-refractivity contribution in [1.82, 2.24) is 4.72 Å². The Morgan fingerprint density at radius 2 is 1.81 bits per heavy atom. The van der Waals surface area contributed by atoms with Crippen LogP contribution in [0, 0.1) is 5.82 Å². The fraction of sp³-hybridized carbons (Fsp3) is 0.650. The zero-order valence-electron chi connectivity index (χ0n) is 17.3. The Morgan fingerprint density at radius 1 is 1.22 bits per heavy atom. The van der Waals surface area contributed by atoms with Gasteiger partial charge in [-0.25, -0.2) is 4.39 Å². The van der Waals surface area contributed by atoms with E-state index in [1.54, 1.807) is 25.1 Å². The van der Waals surface area contributed by atoms with Gasteiger partial charge in [0.2, 0.25) is 0 Å². The highest BCUT2D eigenvalue weighted by Gasteiger charge is 2.39. The molecule has 1 N–H and O–H groups in total. The van der Waals surface area contributed by atoms with Crippen LogP contribution in [0.1, 0.15) is 60.5 Å². The Labute approximate surface area is 170 Å². The van der Waals surface area contributed by atoms with Gasteiger partial charge in [0.05, 0.1) is 12.1 Å². The van der Waals surface area contributed by atoms with E-state index in [0.29, 0.717) is 24.3 Å². The van der Waals surface area contributed by atoms with Crippen LogP contribution in [0.25, 0.3) is 0 Å². The molecule has 0 aliphatic heterocycles. The monoisotopic (exact) mass is 417 g/mol. The van der Waals surface area contributed by atoms with E-state index in [1.165, 1.54) is 17.8 Å². The summed E-state index contributed by atoms with van der Waals surface area (Å²) in [6, 6.07) is 6.53. The zero-order chi connectivity index (χ0) is 20.9. The van der Waals surface area contributed by atoms with Gasteiger partial charge in [0, 0.05) is 16.9 Å². The van der Waals surface area contributed by atoms with Crippen LogP contribution in [-0.2, 0) is 26.4 Å². The van der Waals surface area contributed by atoms with Gasteiger partial charge in [-0.3, -0.25) is 4.79 Å². The minimum absolute atomic E-state index is 0.270. The van der Waals surface area contributed by atoms with Crippen LogP contribution < -0.4 is 4.72 Å². The SMILES string of the molecule is CCOC(=O)C(C)(C)SCC[C@](C)(N[S@+]([O-])C(C)(C)C)c1ccccc1F. The maximum atomic E-state index is 14.5. The summed E-state index contributed by atoms with van der Waals surface area (Å²) in [5, 5.41) is 0. The number of carbonyl (C=O) groups excluding carboxylic acids is 1. The molecule has 1 rings (SSSR count). The summed E-state index contributed by atoms with van der Waals surface area (Å²) in [4.78, 5) is 12.1. The van der Waals surface area contributed by atoms with E-state index in [1.807, 2.05) is 41.5 Å². The first-order valence-electron chi connectivity index (χ1n) is 9.09. The Kier molecular flexibility index (Phi) is 8.66. The van der Waals surface area contributed by atoms with Gasteiger partial charge in [0.1, 0.15) is 15.3 Å². The first-order valence-corrected chi connectivity index (χ1v) is 11.2. The lowest BCUT2D eigenvalue weighted by molar-refractivity contribution is -0.145. The van der Waals surface area contributed by atoms with E-state index in [0.717, 1.165) is 0 Å². The minimum Gasteiger partial charge on any atom is -0.598 e. The number of thioether (sulfide) groups is 1. The molecule has 0 spiro atoms. The van der Waals surface area contributed by atoms with Crippen molar-refractivity contribution in [2.45, 2.75) is 69.9 Å². The zero-order valence-corrected chi connectivity index (χ0v) is 19.0. The highest BCUT2D eigenvalue weighted by Crippen LogP contribution is 2.34. The molecule has 4 nitrogen and oxygen atoms in total. The summed E-state index contributed by atoms with van der Waals surface area (Å²) in [5.41, 5.74) is -0.363. The number of nitrogens with one attached hydrogen (secondary N) is 1. The molecule has 2 atom stereocenters. The standard InChI is InChI=1S/C20H32FNO3S2/c1-8-25-17(23)19(5,6)26-14-13-20(7,22-27(24)18(2,3)4)15-11-9-10-12-16(15)21/h9-12,22H,8,13-14H2,1-7H3/t20-,27+/m0/s1. The van der Waals surface area contributed by atoms with Crippen molar-refractivity contribution in [3.8, 4) is 0 Å². The average molecular weight is 418 g/mol. The average Bonchev–Trinajstić information content (AvgIpc) is 2.54. The molecule has 154 valence electrons. The molecular weight excluding hydrogens is 385 g/mol. The maximum absolute atomic E-state index is 14.5. The summed E-state index contributed by atoms with van der Waals surface area (Å²) in [6.07, 6.45) is 0.503. The molecule has 1 aromatic rings. The lowest BCUT2D eigenvalue weighted by Crippen LogP contribution is -2.50. The third kappa shape index (κ3) is 6.97. The van der Waals surface area contributed by atoms with E-state index >= 15 is 0 Å². The van der Waals surface area contributed by atoms with Gasteiger partial charge in [0.15, 0.2) is 0 Å². The molecule has 0 bridgehead atoms. The van der Waals surface area contributed by atoms with E-state index < -0.39 is 26.4 Å². The molecule has 0 saturated carbocycles. The predicted octanol–water partition coefficient (Wildman–Crippen LogP) is 4.56. The summed E-state index contributed by atoms with van der Waals surface area (Å²) in [7, 11) is 0. The van der Waals surface area contributed by atoms with Crippen molar-refractivity contribution < 1.29 is 18.5 Å². The normalized spacial score (nSPS) is 15.9. The molecule has 0 aromatic heterocycles. The Hall–Kier alpha value is -0.760. The van der Waals surface area contributed by atoms with E-state index in [4.69, 9.17) is 4.74 Å². The number of esters is 1. The number of benzene rings is 1. The summed E-state index contributed by atoms with van der Waals surface area (Å²) < 4.78 is 34.3. The molecular formula is C20H32FNO3S2. The van der Waals surface area contributed by atoms with Gasteiger partial charge in [0.25, 0.3) is 0 Å². The van der Waals surface area contributed by atoms with Gasteiger partial charge in [-0.1, -0.05) is 18.2 Å². The molecule has 0 amide bonds. The lowest BCUT2D eigenvalue weighted by Gasteiger charge is -2.36. The fourth-order valence-electron chi connectivity index (χ4n) is 2.38. The molecule has 27 heavy (non-hydrogen) atoms. The number of ether oxygens (including phenoxy) is 1. The van der Waals surface area contributed by atoms with Gasteiger partial charge in [-0.05, 0) is 66.7 Å². The largest absolute Gasteiger partial charge is 0.598 e. The van der Waals surface area contributed by atoms with Crippen molar-refractivity contribution in [1.29, 1.82) is 0 Å². The van der Waals surface area contributed by atoms with Crippen LogP contribution in [0.2, 0.25) is 0 Å². The smallest absolute Gasteiger partial charge is 0.321 e. The molecule has 0 aliphatic carbocycles. The highest BCUT2D eigenvalue weighted by atomic mass is 32.2. The number of halogens is 1. The summed E-state index contributed by atoms with van der Waals surface area (Å²) in [6.45, 7) is 13.2. The molecule has 0 saturated heterocycles. The first-order chi connectivity index (χ1) is 12.3. The molecule has 1 aromatic carbocycles. The predicted molar refractivity (Wildman–Crippen MR) is 113 cm³/mol. The van der Waals surface area contributed by atoms with Crippen LogP contribution in [0.15, 0.2) is 24.3 Å². The molecule has 0 radical (unpaired) electrons. The fourth-order valence-corrected chi connectivity index (χ4v) is 4.51. The van der Waals surface area contributed by atoms with Gasteiger partial charge >= 0.3 is 5.97 Å². The Morgan fingerprint density at radius 3 is 2.33 bits per heavy atom. The minimum atomic E-state index is -1.37. The third-order valence-electron chi connectivity index (χ3n) is 4.17. The first kappa shape index (κ1) is 24.3.